The first kappa shape index (κ1) is 15.1. The summed E-state index contributed by atoms with van der Waals surface area (Å²) in [7, 11) is 0. The molecule has 0 spiro atoms. The van der Waals surface area contributed by atoms with Gasteiger partial charge in [0.25, 0.3) is 5.91 Å². The molecule has 2 heterocycles. The van der Waals surface area contributed by atoms with Gasteiger partial charge < -0.3 is 10.0 Å². The summed E-state index contributed by atoms with van der Waals surface area (Å²) in [6, 6.07) is 3.38. The van der Waals surface area contributed by atoms with Crippen LogP contribution in [-0.2, 0) is 4.79 Å². The van der Waals surface area contributed by atoms with Crippen molar-refractivity contribution in [3.63, 3.8) is 0 Å². The number of aromatic nitrogens is 3. The molecule has 1 aliphatic rings. The number of amides is 1. The number of carbonyl (C=O) groups excluding carboxylic acids is 1. The minimum absolute atomic E-state index is 0.0712. The van der Waals surface area contributed by atoms with Crippen LogP contribution in [0.1, 0.15) is 28.9 Å². The van der Waals surface area contributed by atoms with E-state index in [9.17, 15) is 14.0 Å². The highest BCUT2D eigenvalue weighted by atomic mass is 19.1. The van der Waals surface area contributed by atoms with Crippen LogP contribution in [0.3, 0.4) is 0 Å². The van der Waals surface area contributed by atoms with Crippen molar-refractivity contribution in [2.24, 2.45) is 0 Å². The second kappa shape index (κ2) is 5.79. The predicted octanol–water partition coefficient (Wildman–Crippen LogP) is 1.40. The largest absolute Gasteiger partial charge is 0.480 e. The van der Waals surface area contributed by atoms with E-state index in [1.165, 1.54) is 27.9 Å². The van der Waals surface area contributed by atoms with Crippen LogP contribution in [0.2, 0.25) is 0 Å². The van der Waals surface area contributed by atoms with Crippen LogP contribution in [0.4, 0.5) is 4.39 Å². The zero-order valence-corrected chi connectivity index (χ0v) is 12.4. The fourth-order valence-corrected chi connectivity index (χ4v) is 2.77. The van der Waals surface area contributed by atoms with Gasteiger partial charge in [0, 0.05) is 6.54 Å². The lowest BCUT2D eigenvalue weighted by molar-refractivity contribution is -0.141. The lowest BCUT2D eigenvalue weighted by Crippen LogP contribution is -2.40. The van der Waals surface area contributed by atoms with Gasteiger partial charge in [-0.1, -0.05) is 5.21 Å². The SMILES string of the molecule is Cc1cc(F)ccc1-n1cc(C(=O)N2CCC[C@H]2C(=O)O)nn1. The monoisotopic (exact) mass is 318 g/mol. The molecule has 1 fully saturated rings. The zero-order valence-electron chi connectivity index (χ0n) is 12.4. The summed E-state index contributed by atoms with van der Waals surface area (Å²) in [5.41, 5.74) is 1.33. The zero-order chi connectivity index (χ0) is 16.6. The fourth-order valence-electron chi connectivity index (χ4n) is 2.77. The van der Waals surface area contributed by atoms with E-state index in [0.29, 0.717) is 30.6 Å². The van der Waals surface area contributed by atoms with E-state index in [0.717, 1.165) is 0 Å². The first-order valence-corrected chi connectivity index (χ1v) is 7.20. The van der Waals surface area contributed by atoms with E-state index in [2.05, 4.69) is 10.3 Å². The Morgan fingerprint density at radius 2 is 2.17 bits per heavy atom. The molecule has 0 bridgehead atoms. The molecule has 3 rings (SSSR count). The average Bonchev–Trinajstić information content (AvgIpc) is 3.16. The Labute approximate surface area is 131 Å². The summed E-state index contributed by atoms with van der Waals surface area (Å²) in [5.74, 6) is -1.83. The van der Waals surface area contributed by atoms with Gasteiger partial charge in [0.05, 0.1) is 11.9 Å². The molecule has 0 saturated carbocycles. The lowest BCUT2D eigenvalue weighted by atomic mass is 10.2. The summed E-state index contributed by atoms with van der Waals surface area (Å²) >= 11 is 0. The van der Waals surface area contributed by atoms with Gasteiger partial charge in [0.15, 0.2) is 5.69 Å². The third-order valence-corrected chi connectivity index (χ3v) is 3.92. The van der Waals surface area contributed by atoms with Crippen molar-refractivity contribution >= 4 is 11.9 Å². The molecule has 0 radical (unpaired) electrons. The van der Waals surface area contributed by atoms with Gasteiger partial charge in [0.2, 0.25) is 0 Å². The molecule has 7 nitrogen and oxygen atoms in total. The number of nitrogens with zero attached hydrogens (tertiary/aromatic N) is 4. The van der Waals surface area contributed by atoms with Gasteiger partial charge in [-0.05, 0) is 43.5 Å². The number of aryl methyl sites for hydroxylation is 1. The standard InChI is InChI=1S/C15H15FN4O3/c1-9-7-10(16)4-5-12(9)20-8-11(17-18-20)14(21)19-6-2-3-13(19)15(22)23/h4-5,7-8,13H,2-3,6H2,1H3,(H,22,23)/t13-/m0/s1. The van der Waals surface area contributed by atoms with E-state index >= 15 is 0 Å². The van der Waals surface area contributed by atoms with Gasteiger partial charge in [-0.2, -0.15) is 0 Å². The lowest BCUT2D eigenvalue weighted by Gasteiger charge is -2.19. The number of carbonyl (C=O) groups is 2. The molecule has 0 unspecified atom stereocenters. The number of hydrogen-bond acceptors (Lipinski definition) is 4. The molecule has 1 aromatic heterocycles. The average molecular weight is 318 g/mol. The Morgan fingerprint density at radius 1 is 1.39 bits per heavy atom. The number of aliphatic carboxylic acids is 1. The van der Waals surface area contributed by atoms with Crippen molar-refractivity contribution in [2.75, 3.05) is 6.54 Å². The maximum Gasteiger partial charge on any atom is 0.326 e. The van der Waals surface area contributed by atoms with Gasteiger partial charge in [-0.3, -0.25) is 4.79 Å². The Hall–Kier alpha value is -2.77. The topological polar surface area (TPSA) is 88.3 Å². The molecule has 1 amide bonds. The molecule has 120 valence electrons. The van der Waals surface area contributed by atoms with Gasteiger partial charge >= 0.3 is 5.97 Å². The molecule has 2 aromatic rings. The van der Waals surface area contributed by atoms with E-state index in [-0.39, 0.29) is 11.5 Å². The van der Waals surface area contributed by atoms with Crippen molar-refractivity contribution in [3.8, 4) is 5.69 Å². The maximum atomic E-state index is 13.2. The molecule has 8 heteroatoms. The number of halogens is 1. The predicted molar refractivity (Wildman–Crippen MR) is 77.7 cm³/mol. The molecular formula is C15H15FN4O3. The smallest absolute Gasteiger partial charge is 0.326 e. The van der Waals surface area contributed by atoms with E-state index in [1.807, 2.05) is 0 Å². The normalized spacial score (nSPS) is 17.5. The van der Waals surface area contributed by atoms with Crippen molar-refractivity contribution in [1.29, 1.82) is 0 Å². The Bertz CT molecular complexity index is 774. The highest BCUT2D eigenvalue weighted by Crippen LogP contribution is 2.20. The summed E-state index contributed by atoms with van der Waals surface area (Å²) in [5, 5.41) is 16.9. The Balaban J connectivity index is 1.87. The van der Waals surface area contributed by atoms with Crippen LogP contribution in [0, 0.1) is 12.7 Å². The number of carboxylic acid groups (broad SMARTS) is 1. The third-order valence-electron chi connectivity index (χ3n) is 3.92. The van der Waals surface area contributed by atoms with E-state index in [4.69, 9.17) is 5.11 Å². The Morgan fingerprint density at radius 3 is 2.87 bits per heavy atom. The Kier molecular flexibility index (Phi) is 3.81. The molecule has 1 aliphatic heterocycles. The van der Waals surface area contributed by atoms with Crippen molar-refractivity contribution in [3.05, 3.63) is 41.5 Å². The highest BCUT2D eigenvalue weighted by Gasteiger charge is 2.35. The molecule has 23 heavy (non-hydrogen) atoms. The number of hydrogen-bond donors (Lipinski definition) is 1. The van der Waals surface area contributed by atoms with Crippen LogP contribution in [0.25, 0.3) is 5.69 Å². The van der Waals surface area contributed by atoms with Crippen LogP contribution >= 0.6 is 0 Å². The van der Waals surface area contributed by atoms with Crippen molar-refractivity contribution in [1.82, 2.24) is 19.9 Å². The molecule has 1 N–H and O–H groups in total. The summed E-state index contributed by atoms with van der Waals surface area (Å²) < 4.78 is 14.5. The van der Waals surface area contributed by atoms with Gasteiger partial charge in [-0.25, -0.2) is 13.9 Å². The minimum Gasteiger partial charge on any atom is -0.480 e. The van der Waals surface area contributed by atoms with E-state index < -0.39 is 17.9 Å². The summed E-state index contributed by atoms with van der Waals surface area (Å²) in [6.07, 6.45) is 2.51. The second-order valence-corrected chi connectivity index (χ2v) is 5.47. The third kappa shape index (κ3) is 2.79. The van der Waals surface area contributed by atoms with E-state index in [1.54, 1.807) is 13.0 Å². The highest BCUT2D eigenvalue weighted by molar-refractivity contribution is 5.95. The van der Waals surface area contributed by atoms with Crippen LogP contribution in [-0.4, -0.2) is 49.5 Å². The first-order valence-electron chi connectivity index (χ1n) is 7.20. The van der Waals surface area contributed by atoms with Crippen molar-refractivity contribution in [2.45, 2.75) is 25.8 Å². The fraction of sp³-hybridized carbons (Fsp3) is 0.333. The second-order valence-electron chi connectivity index (χ2n) is 5.47. The van der Waals surface area contributed by atoms with Crippen molar-refractivity contribution < 1.29 is 19.1 Å². The minimum atomic E-state index is -1.02. The molecule has 1 saturated heterocycles. The molecule has 0 aliphatic carbocycles. The number of likely N-dealkylation sites (tertiary alicyclic amines) is 1. The van der Waals surface area contributed by atoms with Crippen LogP contribution in [0.5, 0.6) is 0 Å². The summed E-state index contributed by atoms with van der Waals surface area (Å²) in [6.45, 7) is 2.11. The number of carboxylic acids is 1. The number of rotatable bonds is 3. The van der Waals surface area contributed by atoms with Gasteiger partial charge in [0.1, 0.15) is 11.9 Å². The molecule has 1 aromatic carbocycles. The van der Waals surface area contributed by atoms with Crippen LogP contribution < -0.4 is 0 Å². The summed E-state index contributed by atoms with van der Waals surface area (Å²) in [4.78, 5) is 24.9. The van der Waals surface area contributed by atoms with Crippen LogP contribution in [0.15, 0.2) is 24.4 Å². The van der Waals surface area contributed by atoms with Gasteiger partial charge in [-0.15, -0.1) is 5.10 Å². The molecule has 1 atom stereocenters. The molecular weight excluding hydrogens is 303 g/mol. The number of benzene rings is 1. The quantitative estimate of drug-likeness (QED) is 0.924. The maximum absolute atomic E-state index is 13.2. The first-order chi connectivity index (χ1) is 11.0.